The van der Waals surface area contributed by atoms with Crippen molar-refractivity contribution in [1.29, 1.82) is 0 Å². The van der Waals surface area contributed by atoms with Crippen molar-refractivity contribution in [2.75, 3.05) is 0 Å². The van der Waals surface area contributed by atoms with Crippen LogP contribution in [0, 0.1) is 0 Å². The van der Waals surface area contributed by atoms with Crippen molar-refractivity contribution in [2.45, 2.75) is 20.0 Å². The highest BCUT2D eigenvalue weighted by molar-refractivity contribution is 5.66. The molecule has 0 atom stereocenters. The van der Waals surface area contributed by atoms with Crippen molar-refractivity contribution < 1.29 is 15.0 Å². The Bertz CT molecular complexity index is 231. The van der Waals surface area contributed by atoms with Gasteiger partial charge in [0.05, 0.1) is 6.61 Å². The number of benzene rings is 1. The minimum absolute atomic E-state index is 0.140. The van der Waals surface area contributed by atoms with Crippen LogP contribution in [0.15, 0.2) is 30.3 Å². The summed E-state index contributed by atoms with van der Waals surface area (Å²) in [5.41, 5.74) is 0.965. The van der Waals surface area contributed by atoms with E-state index < -0.39 is 5.97 Å². The van der Waals surface area contributed by atoms with Gasteiger partial charge in [0, 0.05) is 6.42 Å². The molecule has 0 unspecified atom stereocenters. The molecule has 0 radical (unpaired) electrons. The second-order valence-corrected chi connectivity index (χ2v) is 2.39. The Kier molecular flexibility index (Phi) is 6.55. The topological polar surface area (TPSA) is 57.5 Å². The molecule has 1 aromatic rings. The molecule has 72 valence electrons. The number of hydrogen-bond donors (Lipinski definition) is 2. The fourth-order valence-corrected chi connectivity index (χ4v) is 0.583. The first-order chi connectivity index (χ1) is 6.20. The van der Waals surface area contributed by atoms with Gasteiger partial charge in [-0.15, -0.1) is 0 Å². The van der Waals surface area contributed by atoms with E-state index in [1.165, 1.54) is 0 Å². The van der Waals surface area contributed by atoms with Gasteiger partial charge in [0.2, 0.25) is 0 Å². The van der Waals surface area contributed by atoms with Crippen molar-refractivity contribution in [3.05, 3.63) is 35.9 Å². The van der Waals surface area contributed by atoms with Crippen LogP contribution >= 0.6 is 0 Å². The largest absolute Gasteiger partial charge is 0.481 e. The molecule has 0 saturated heterocycles. The predicted molar refractivity (Wildman–Crippen MR) is 50.3 cm³/mol. The number of rotatable bonds is 2. The van der Waals surface area contributed by atoms with Crippen LogP contribution in [-0.4, -0.2) is 16.2 Å². The molecular weight excluding hydrogens is 168 g/mol. The maximum Gasteiger partial charge on any atom is 0.303 e. The van der Waals surface area contributed by atoms with E-state index in [1.807, 2.05) is 30.3 Å². The molecular formula is C10H14O3. The van der Waals surface area contributed by atoms with Gasteiger partial charge in [-0.3, -0.25) is 4.79 Å². The fraction of sp³-hybridized carbons (Fsp3) is 0.300. The van der Waals surface area contributed by atoms with Crippen molar-refractivity contribution in [2.24, 2.45) is 0 Å². The standard InChI is InChI=1S/C7H8O.C3H6O2/c8-6-7-4-2-1-3-5-7;1-2-3(4)5/h1-5,8H,6H2;2H2,1H3,(H,4,5). The summed E-state index contributed by atoms with van der Waals surface area (Å²) in [6, 6.07) is 9.52. The van der Waals surface area contributed by atoms with Gasteiger partial charge >= 0.3 is 5.97 Å². The van der Waals surface area contributed by atoms with Crippen molar-refractivity contribution in [3.8, 4) is 0 Å². The lowest BCUT2D eigenvalue weighted by Crippen LogP contribution is -1.86. The van der Waals surface area contributed by atoms with Crippen LogP contribution in [0.1, 0.15) is 18.9 Å². The SMILES string of the molecule is CCC(=O)O.OCc1ccccc1. The number of aliphatic hydroxyl groups excluding tert-OH is 1. The average Bonchev–Trinajstić information content (AvgIpc) is 2.20. The Morgan fingerprint density at radius 1 is 1.31 bits per heavy atom. The van der Waals surface area contributed by atoms with E-state index in [0.29, 0.717) is 0 Å². The van der Waals surface area contributed by atoms with Gasteiger partial charge in [0.1, 0.15) is 0 Å². The van der Waals surface area contributed by atoms with Crippen LogP contribution < -0.4 is 0 Å². The van der Waals surface area contributed by atoms with Crippen LogP contribution in [0.25, 0.3) is 0 Å². The van der Waals surface area contributed by atoms with E-state index in [1.54, 1.807) is 6.92 Å². The summed E-state index contributed by atoms with van der Waals surface area (Å²) in [4.78, 5) is 9.37. The number of carboxylic acids is 1. The van der Waals surface area contributed by atoms with Crippen LogP contribution in [0.5, 0.6) is 0 Å². The maximum atomic E-state index is 9.37. The normalized spacial score (nSPS) is 8.46. The highest BCUT2D eigenvalue weighted by Gasteiger charge is 1.81. The predicted octanol–water partition coefficient (Wildman–Crippen LogP) is 1.66. The van der Waals surface area contributed by atoms with Crippen molar-refractivity contribution in [1.82, 2.24) is 0 Å². The van der Waals surface area contributed by atoms with Crippen molar-refractivity contribution >= 4 is 5.97 Å². The molecule has 1 rings (SSSR count). The smallest absolute Gasteiger partial charge is 0.303 e. The molecule has 0 aromatic heterocycles. The minimum atomic E-state index is -0.745. The lowest BCUT2D eigenvalue weighted by Gasteiger charge is -1.89. The van der Waals surface area contributed by atoms with Gasteiger partial charge in [0.25, 0.3) is 0 Å². The summed E-state index contributed by atoms with van der Waals surface area (Å²) < 4.78 is 0. The summed E-state index contributed by atoms with van der Waals surface area (Å²) in [5, 5.41) is 16.3. The zero-order chi connectivity index (χ0) is 10.1. The average molecular weight is 182 g/mol. The Balaban J connectivity index is 0.000000252. The van der Waals surface area contributed by atoms with Crippen molar-refractivity contribution in [3.63, 3.8) is 0 Å². The lowest BCUT2D eigenvalue weighted by atomic mass is 10.2. The molecule has 0 aliphatic heterocycles. The van der Waals surface area contributed by atoms with Gasteiger partial charge in [-0.05, 0) is 5.56 Å². The van der Waals surface area contributed by atoms with E-state index in [-0.39, 0.29) is 13.0 Å². The molecule has 0 bridgehead atoms. The van der Waals surface area contributed by atoms with Gasteiger partial charge in [-0.1, -0.05) is 37.3 Å². The second kappa shape index (κ2) is 7.31. The molecule has 0 fully saturated rings. The molecule has 13 heavy (non-hydrogen) atoms. The first-order valence-electron chi connectivity index (χ1n) is 4.07. The zero-order valence-electron chi connectivity index (χ0n) is 7.60. The summed E-state index contributed by atoms with van der Waals surface area (Å²) in [7, 11) is 0. The number of carboxylic acid groups (broad SMARTS) is 1. The van der Waals surface area contributed by atoms with E-state index in [9.17, 15) is 4.79 Å². The summed E-state index contributed by atoms with van der Waals surface area (Å²) in [6.45, 7) is 1.74. The molecule has 1 aromatic carbocycles. The van der Waals surface area contributed by atoms with E-state index in [2.05, 4.69) is 0 Å². The minimum Gasteiger partial charge on any atom is -0.481 e. The van der Waals surface area contributed by atoms with Crippen LogP contribution in [0.3, 0.4) is 0 Å². The Morgan fingerprint density at radius 2 is 1.77 bits per heavy atom. The monoisotopic (exact) mass is 182 g/mol. The van der Waals surface area contributed by atoms with Crippen LogP contribution in [-0.2, 0) is 11.4 Å². The van der Waals surface area contributed by atoms with E-state index in [4.69, 9.17) is 10.2 Å². The number of carbonyl (C=O) groups is 1. The van der Waals surface area contributed by atoms with Gasteiger partial charge in [-0.2, -0.15) is 0 Å². The highest BCUT2D eigenvalue weighted by atomic mass is 16.4. The maximum absolute atomic E-state index is 9.37. The van der Waals surface area contributed by atoms with Gasteiger partial charge < -0.3 is 10.2 Å². The summed E-state index contributed by atoms with van der Waals surface area (Å²) >= 11 is 0. The number of aliphatic carboxylic acids is 1. The summed E-state index contributed by atoms with van der Waals surface area (Å²) in [5.74, 6) is -0.745. The van der Waals surface area contributed by atoms with Gasteiger partial charge in [-0.25, -0.2) is 0 Å². The van der Waals surface area contributed by atoms with Crippen LogP contribution in [0.2, 0.25) is 0 Å². The Morgan fingerprint density at radius 3 is 2.00 bits per heavy atom. The molecule has 0 spiro atoms. The molecule has 3 nitrogen and oxygen atoms in total. The number of aliphatic hydroxyl groups is 1. The van der Waals surface area contributed by atoms with E-state index in [0.717, 1.165) is 5.56 Å². The molecule has 0 amide bonds. The van der Waals surface area contributed by atoms with Gasteiger partial charge in [0.15, 0.2) is 0 Å². The third-order valence-corrected chi connectivity index (χ3v) is 1.33. The molecule has 0 aliphatic rings. The number of hydrogen-bond acceptors (Lipinski definition) is 2. The highest BCUT2D eigenvalue weighted by Crippen LogP contribution is 1.95. The first kappa shape index (κ1) is 11.6. The fourth-order valence-electron chi connectivity index (χ4n) is 0.583. The third kappa shape index (κ3) is 7.03. The summed E-state index contributed by atoms with van der Waals surface area (Å²) in [6.07, 6.45) is 0.222. The lowest BCUT2D eigenvalue weighted by molar-refractivity contribution is -0.136. The molecule has 0 heterocycles. The van der Waals surface area contributed by atoms with Crippen LogP contribution in [0.4, 0.5) is 0 Å². The van der Waals surface area contributed by atoms with E-state index >= 15 is 0 Å². The second-order valence-electron chi connectivity index (χ2n) is 2.39. The quantitative estimate of drug-likeness (QED) is 0.731. The molecule has 0 aliphatic carbocycles. The molecule has 2 N–H and O–H groups in total. The Hall–Kier alpha value is -1.35. The molecule has 0 saturated carbocycles. The molecule has 3 heteroatoms. The Labute approximate surface area is 77.6 Å². The third-order valence-electron chi connectivity index (χ3n) is 1.33. The zero-order valence-corrected chi connectivity index (χ0v) is 7.60. The first-order valence-corrected chi connectivity index (χ1v) is 4.07.